The summed E-state index contributed by atoms with van der Waals surface area (Å²) in [5.74, 6) is -0.731. The minimum absolute atomic E-state index is 0.0574. The number of aromatic amines is 1. The fourth-order valence-corrected chi connectivity index (χ4v) is 4.05. The standard InChI is InChI=1S/C20H16ClN5O3S/c1-2-26-19(29)13-9-11(21)7-8-15(13)23-20(26)30-10-16(27)24-25-17-12-5-3-4-6-14(12)22-18(17)28/h3-9,22,28H,2,10H2,1H3. The average molecular weight is 442 g/mol. The molecule has 30 heavy (non-hydrogen) atoms. The van der Waals surface area contributed by atoms with Gasteiger partial charge in [0.25, 0.3) is 11.5 Å². The van der Waals surface area contributed by atoms with Crippen molar-refractivity contribution < 1.29 is 9.90 Å². The molecule has 4 aromatic rings. The van der Waals surface area contributed by atoms with E-state index in [1.165, 1.54) is 4.57 Å². The van der Waals surface area contributed by atoms with Crippen molar-refractivity contribution in [2.24, 2.45) is 10.2 Å². The van der Waals surface area contributed by atoms with E-state index in [4.69, 9.17) is 11.6 Å². The lowest BCUT2D eigenvalue weighted by atomic mass is 10.2. The zero-order chi connectivity index (χ0) is 21.3. The number of amides is 1. The molecule has 2 aromatic heterocycles. The monoisotopic (exact) mass is 441 g/mol. The first-order valence-electron chi connectivity index (χ1n) is 9.05. The summed E-state index contributed by atoms with van der Waals surface area (Å²) in [5.41, 5.74) is 1.19. The third-order valence-electron chi connectivity index (χ3n) is 4.44. The number of hydrogen-bond acceptors (Lipinski definition) is 6. The molecule has 0 atom stereocenters. The number of halogens is 1. The number of fused-ring (bicyclic) bond motifs is 2. The second-order valence-electron chi connectivity index (χ2n) is 6.36. The largest absolute Gasteiger partial charge is 0.493 e. The Morgan fingerprint density at radius 3 is 2.87 bits per heavy atom. The quantitative estimate of drug-likeness (QED) is 0.265. The summed E-state index contributed by atoms with van der Waals surface area (Å²) in [7, 11) is 0. The molecule has 0 unspecified atom stereocenters. The first kappa shape index (κ1) is 20.1. The lowest BCUT2D eigenvalue weighted by molar-refractivity contribution is -0.115. The Bertz CT molecular complexity index is 1360. The van der Waals surface area contributed by atoms with Crippen molar-refractivity contribution in [1.82, 2.24) is 14.5 Å². The maximum atomic E-state index is 12.7. The molecular formula is C20H16ClN5O3S. The number of azo groups is 1. The molecule has 152 valence electrons. The van der Waals surface area contributed by atoms with E-state index in [2.05, 4.69) is 20.2 Å². The first-order valence-corrected chi connectivity index (χ1v) is 10.4. The van der Waals surface area contributed by atoms with Crippen LogP contribution in [0, 0.1) is 0 Å². The van der Waals surface area contributed by atoms with Crippen LogP contribution in [0.1, 0.15) is 6.92 Å². The van der Waals surface area contributed by atoms with Crippen LogP contribution in [0.2, 0.25) is 5.02 Å². The van der Waals surface area contributed by atoms with E-state index in [0.29, 0.717) is 38.5 Å². The number of nitrogens with one attached hydrogen (secondary N) is 1. The van der Waals surface area contributed by atoms with Gasteiger partial charge in [0.15, 0.2) is 10.8 Å². The number of aromatic nitrogens is 3. The predicted molar refractivity (Wildman–Crippen MR) is 117 cm³/mol. The van der Waals surface area contributed by atoms with Gasteiger partial charge >= 0.3 is 0 Å². The molecule has 4 rings (SSSR count). The molecule has 2 heterocycles. The highest BCUT2D eigenvalue weighted by Gasteiger charge is 2.14. The van der Waals surface area contributed by atoms with Gasteiger partial charge < -0.3 is 10.1 Å². The van der Waals surface area contributed by atoms with Crippen LogP contribution in [0.5, 0.6) is 5.88 Å². The number of para-hydroxylation sites is 1. The fourth-order valence-electron chi connectivity index (χ4n) is 3.04. The summed E-state index contributed by atoms with van der Waals surface area (Å²) >= 11 is 7.09. The molecule has 8 nitrogen and oxygen atoms in total. The van der Waals surface area contributed by atoms with E-state index in [1.807, 2.05) is 13.0 Å². The summed E-state index contributed by atoms with van der Waals surface area (Å²) in [4.78, 5) is 32.2. The normalized spacial score (nSPS) is 11.7. The van der Waals surface area contributed by atoms with Crippen molar-refractivity contribution in [3.8, 4) is 5.88 Å². The molecule has 10 heteroatoms. The molecule has 0 bridgehead atoms. The number of carbonyl (C=O) groups is 1. The second kappa shape index (κ2) is 8.29. The van der Waals surface area contributed by atoms with Gasteiger partial charge in [-0.3, -0.25) is 14.2 Å². The van der Waals surface area contributed by atoms with Gasteiger partial charge in [0.1, 0.15) is 0 Å². The third kappa shape index (κ3) is 3.81. The van der Waals surface area contributed by atoms with Gasteiger partial charge in [-0.15, -0.1) is 10.2 Å². The SMILES string of the molecule is CCn1c(SCC(=O)N=Nc2c(O)[nH]c3ccccc23)nc2ccc(Cl)cc2c1=O. The van der Waals surface area contributed by atoms with Crippen molar-refractivity contribution in [3.63, 3.8) is 0 Å². The van der Waals surface area contributed by atoms with Crippen LogP contribution in [0.3, 0.4) is 0 Å². The number of aromatic hydroxyl groups is 1. The molecule has 0 aliphatic rings. The molecule has 1 amide bonds. The number of rotatable bonds is 5. The van der Waals surface area contributed by atoms with Crippen LogP contribution < -0.4 is 5.56 Å². The van der Waals surface area contributed by atoms with Crippen molar-refractivity contribution in [3.05, 3.63) is 57.8 Å². The predicted octanol–water partition coefficient (Wildman–Crippen LogP) is 4.66. The lowest BCUT2D eigenvalue weighted by Crippen LogP contribution is -2.22. The maximum absolute atomic E-state index is 12.7. The zero-order valence-electron chi connectivity index (χ0n) is 15.8. The van der Waals surface area contributed by atoms with Crippen molar-refractivity contribution in [1.29, 1.82) is 0 Å². The zero-order valence-corrected chi connectivity index (χ0v) is 17.4. The number of benzene rings is 2. The number of carbonyl (C=O) groups excluding carboxylic acids is 1. The molecule has 0 spiro atoms. The molecule has 0 radical (unpaired) electrons. The summed E-state index contributed by atoms with van der Waals surface area (Å²) < 4.78 is 1.49. The van der Waals surface area contributed by atoms with Crippen LogP contribution in [0.4, 0.5) is 5.69 Å². The number of hydrogen-bond donors (Lipinski definition) is 2. The molecule has 0 saturated heterocycles. The maximum Gasteiger partial charge on any atom is 0.275 e. The average Bonchev–Trinajstić information content (AvgIpc) is 3.06. The highest BCUT2D eigenvalue weighted by Crippen LogP contribution is 2.35. The Morgan fingerprint density at radius 2 is 2.07 bits per heavy atom. The molecule has 0 aliphatic heterocycles. The van der Waals surface area contributed by atoms with Gasteiger partial charge in [0.05, 0.1) is 22.2 Å². The van der Waals surface area contributed by atoms with Gasteiger partial charge in [0, 0.05) is 17.0 Å². The van der Waals surface area contributed by atoms with Crippen molar-refractivity contribution in [2.45, 2.75) is 18.6 Å². The Kier molecular flexibility index (Phi) is 5.56. The van der Waals surface area contributed by atoms with E-state index in [1.54, 1.807) is 36.4 Å². The number of nitrogens with zero attached hydrogens (tertiary/aromatic N) is 4. The molecule has 2 N–H and O–H groups in total. The molecule has 2 aromatic carbocycles. The van der Waals surface area contributed by atoms with Crippen LogP contribution in [-0.2, 0) is 11.3 Å². The van der Waals surface area contributed by atoms with E-state index in [0.717, 1.165) is 11.8 Å². The second-order valence-corrected chi connectivity index (χ2v) is 7.73. The topological polar surface area (TPSA) is 113 Å². The Hall–Kier alpha value is -3.17. The van der Waals surface area contributed by atoms with E-state index < -0.39 is 5.91 Å². The minimum Gasteiger partial charge on any atom is -0.493 e. The van der Waals surface area contributed by atoms with Gasteiger partial charge in [0.2, 0.25) is 5.88 Å². The first-order chi connectivity index (χ1) is 14.5. The van der Waals surface area contributed by atoms with Crippen LogP contribution in [0.25, 0.3) is 21.8 Å². The fraction of sp³-hybridized carbons (Fsp3) is 0.150. The van der Waals surface area contributed by atoms with Gasteiger partial charge in [-0.2, -0.15) is 0 Å². The van der Waals surface area contributed by atoms with E-state index in [9.17, 15) is 14.7 Å². The minimum atomic E-state index is -0.516. The van der Waals surface area contributed by atoms with Gasteiger partial charge in [-0.25, -0.2) is 4.98 Å². The van der Waals surface area contributed by atoms with Crippen molar-refractivity contribution >= 4 is 56.8 Å². The van der Waals surface area contributed by atoms with Gasteiger partial charge in [-0.1, -0.05) is 41.6 Å². The smallest absolute Gasteiger partial charge is 0.275 e. The lowest BCUT2D eigenvalue weighted by Gasteiger charge is -2.10. The van der Waals surface area contributed by atoms with Crippen LogP contribution in [0.15, 0.2) is 62.6 Å². The summed E-state index contributed by atoms with van der Waals surface area (Å²) in [6, 6.07) is 12.1. The van der Waals surface area contributed by atoms with Gasteiger partial charge in [-0.05, 0) is 31.2 Å². The molecule has 0 fully saturated rings. The number of H-pyrrole nitrogens is 1. The summed E-state index contributed by atoms with van der Waals surface area (Å²) in [6.45, 7) is 2.22. The summed E-state index contributed by atoms with van der Waals surface area (Å²) in [5, 5.41) is 19.5. The molecular weight excluding hydrogens is 426 g/mol. The summed E-state index contributed by atoms with van der Waals surface area (Å²) in [6.07, 6.45) is 0. The van der Waals surface area contributed by atoms with Crippen molar-refractivity contribution in [2.75, 3.05) is 5.75 Å². The Labute approximate surface area is 179 Å². The Morgan fingerprint density at radius 1 is 1.27 bits per heavy atom. The highest BCUT2D eigenvalue weighted by atomic mass is 35.5. The highest BCUT2D eigenvalue weighted by molar-refractivity contribution is 7.99. The third-order valence-corrected chi connectivity index (χ3v) is 5.64. The molecule has 0 saturated carbocycles. The Balaban J connectivity index is 1.56. The van der Waals surface area contributed by atoms with E-state index >= 15 is 0 Å². The van der Waals surface area contributed by atoms with Crippen LogP contribution in [-0.4, -0.2) is 31.3 Å². The molecule has 0 aliphatic carbocycles. The van der Waals surface area contributed by atoms with Crippen LogP contribution >= 0.6 is 23.4 Å². The van der Waals surface area contributed by atoms with E-state index in [-0.39, 0.29) is 22.9 Å². The number of thioether (sulfide) groups is 1.